The number of thioether (sulfide) groups is 1. The Kier molecular flexibility index (Phi) is 6.64. The Morgan fingerprint density at radius 2 is 1.34 bits per heavy atom. The van der Waals surface area contributed by atoms with Crippen LogP contribution in [0.15, 0.2) is 53.4 Å². The quantitative estimate of drug-likeness (QED) is 0.578. The largest absolute Gasteiger partial charge is 0.494 e. The summed E-state index contributed by atoms with van der Waals surface area (Å²) in [5.41, 5.74) is 1.68. The SMILES string of the molecule is CCOc1ccc(C2=C(SC(C)C)C(=O)N(c3ccc(OCC)cc3)C2=O)cc1. The fraction of sp³-hybridized carbons (Fsp3) is 0.304. The van der Waals surface area contributed by atoms with Gasteiger partial charge in [0.25, 0.3) is 11.8 Å². The second-order valence-electron chi connectivity index (χ2n) is 6.70. The van der Waals surface area contributed by atoms with Crippen molar-refractivity contribution in [1.82, 2.24) is 0 Å². The lowest BCUT2D eigenvalue weighted by Crippen LogP contribution is -2.31. The number of anilines is 1. The van der Waals surface area contributed by atoms with Crippen molar-refractivity contribution >= 4 is 34.8 Å². The number of ether oxygens (including phenoxy) is 2. The lowest BCUT2D eigenvalue weighted by atomic mass is 10.1. The smallest absolute Gasteiger partial charge is 0.272 e. The molecule has 0 atom stereocenters. The van der Waals surface area contributed by atoms with E-state index in [0.717, 1.165) is 5.75 Å². The number of benzene rings is 2. The van der Waals surface area contributed by atoms with E-state index in [1.165, 1.54) is 16.7 Å². The molecule has 5 nitrogen and oxygen atoms in total. The fourth-order valence-corrected chi connectivity index (χ4v) is 4.07. The van der Waals surface area contributed by atoms with Crippen LogP contribution < -0.4 is 14.4 Å². The van der Waals surface area contributed by atoms with Crippen LogP contribution in [0, 0.1) is 0 Å². The van der Waals surface area contributed by atoms with Gasteiger partial charge in [-0.05, 0) is 55.8 Å². The first kappa shape index (κ1) is 21.0. The molecule has 0 radical (unpaired) electrons. The van der Waals surface area contributed by atoms with E-state index in [1.54, 1.807) is 24.3 Å². The second-order valence-corrected chi connectivity index (χ2v) is 8.29. The summed E-state index contributed by atoms with van der Waals surface area (Å²) in [6.07, 6.45) is 0. The van der Waals surface area contributed by atoms with E-state index in [9.17, 15) is 9.59 Å². The molecule has 0 aromatic heterocycles. The summed E-state index contributed by atoms with van der Waals surface area (Å²) in [5, 5.41) is 0.166. The predicted molar refractivity (Wildman–Crippen MR) is 117 cm³/mol. The molecule has 6 heteroatoms. The minimum atomic E-state index is -0.313. The van der Waals surface area contributed by atoms with E-state index in [1.807, 2.05) is 52.0 Å². The molecule has 2 amide bonds. The molecule has 1 aliphatic rings. The Hall–Kier alpha value is -2.73. The van der Waals surface area contributed by atoms with Crippen LogP contribution in [0.5, 0.6) is 11.5 Å². The fourth-order valence-electron chi connectivity index (χ4n) is 3.09. The van der Waals surface area contributed by atoms with Gasteiger partial charge in [-0.3, -0.25) is 9.59 Å². The minimum absolute atomic E-state index is 0.166. The summed E-state index contributed by atoms with van der Waals surface area (Å²) in [6, 6.07) is 14.3. The molecule has 0 saturated carbocycles. The maximum atomic E-state index is 13.3. The number of rotatable bonds is 8. The highest BCUT2D eigenvalue weighted by atomic mass is 32.2. The van der Waals surface area contributed by atoms with Gasteiger partial charge in [-0.25, -0.2) is 4.90 Å². The predicted octanol–water partition coefficient (Wildman–Crippen LogP) is 4.91. The van der Waals surface area contributed by atoms with Crippen molar-refractivity contribution in [2.45, 2.75) is 32.9 Å². The van der Waals surface area contributed by atoms with Crippen LogP contribution in [0.25, 0.3) is 5.57 Å². The zero-order chi connectivity index (χ0) is 21.0. The highest BCUT2D eigenvalue weighted by molar-refractivity contribution is 8.04. The van der Waals surface area contributed by atoms with Crippen molar-refractivity contribution < 1.29 is 19.1 Å². The van der Waals surface area contributed by atoms with E-state index in [2.05, 4.69) is 0 Å². The van der Waals surface area contributed by atoms with Crippen LogP contribution in [0.1, 0.15) is 33.3 Å². The molecule has 0 unspecified atom stereocenters. The van der Waals surface area contributed by atoms with Crippen molar-refractivity contribution in [2.75, 3.05) is 18.1 Å². The Morgan fingerprint density at radius 3 is 1.83 bits per heavy atom. The lowest BCUT2D eigenvalue weighted by molar-refractivity contribution is -0.119. The molecule has 0 N–H and O–H groups in total. The number of imide groups is 1. The Morgan fingerprint density at radius 1 is 0.828 bits per heavy atom. The maximum Gasteiger partial charge on any atom is 0.272 e. The normalized spacial score (nSPS) is 14.2. The minimum Gasteiger partial charge on any atom is -0.494 e. The van der Waals surface area contributed by atoms with Crippen molar-refractivity contribution in [3.8, 4) is 11.5 Å². The van der Waals surface area contributed by atoms with Gasteiger partial charge in [0, 0.05) is 5.25 Å². The van der Waals surface area contributed by atoms with Gasteiger partial charge in [-0.2, -0.15) is 0 Å². The Balaban J connectivity index is 1.98. The average Bonchev–Trinajstić information content (AvgIpc) is 2.93. The average molecular weight is 412 g/mol. The standard InChI is InChI=1S/C23H25NO4S/c1-5-27-18-11-7-16(8-12-18)20-21(29-15(3)4)23(26)24(22(20)25)17-9-13-19(14-10-17)28-6-2/h7-15H,5-6H2,1-4H3. The molecule has 1 aliphatic heterocycles. The van der Waals surface area contributed by atoms with Gasteiger partial charge >= 0.3 is 0 Å². The number of carbonyl (C=O) groups excluding carboxylic acids is 2. The molecule has 2 aromatic rings. The summed E-state index contributed by atoms with van der Waals surface area (Å²) in [5.74, 6) is 0.829. The molecule has 2 aromatic carbocycles. The van der Waals surface area contributed by atoms with Gasteiger partial charge in [-0.15, -0.1) is 11.8 Å². The molecule has 0 bridgehead atoms. The summed E-state index contributed by atoms with van der Waals surface area (Å²) in [4.78, 5) is 28.2. The molecular formula is C23H25NO4S. The van der Waals surface area contributed by atoms with Crippen molar-refractivity contribution in [2.24, 2.45) is 0 Å². The molecule has 0 saturated heterocycles. The van der Waals surface area contributed by atoms with Crippen LogP contribution in [0.3, 0.4) is 0 Å². The van der Waals surface area contributed by atoms with E-state index in [0.29, 0.717) is 40.7 Å². The van der Waals surface area contributed by atoms with Gasteiger partial charge in [0.1, 0.15) is 11.5 Å². The van der Waals surface area contributed by atoms with Crippen LogP contribution in [-0.2, 0) is 9.59 Å². The zero-order valence-electron chi connectivity index (χ0n) is 17.1. The van der Waals surface area contributed by atoms with Crippen LogP contribution in [0.2, 0.25) is 0 Å². The van der Waals surface area contributed by atoms with Crippen molar-refractivity contribution in [3.05, 3.63) is 59.0 Å². The topological polar surface area (TPSA) is 55.8 Å². The van der Waals surface area contributed by atoms with Gasteiger partial charge in [-0.1, -0.05) is 26.0 Å². The number of carbonyl (C=O) groups is 2. The second kappa shape index (κ2) is 9.18. The van der Waals surface area contributed by atoms with Gasteiger partial charge in [0.15, 0.2) is 0 Å². The molecule has 3 rings (SSSR count). The van der Waals surface area contributed by atoms with Crippen LogP contribution in [-0.4, -0.2) is 30.3 Å². The van der Waals surface area contributed by atoms with E-state index in [-0.39, 0.29) is 17.1 Å². The summed E-state index contributed by atoms with van der Waals surface area (Å²) in [6.45, 7) is 8.96. The number of nitrogens with zero attached hydrogens (tertiary/aromatic N) is 1. The Bertz CT molecular complexity index is 917. The maximum absolute atomic E-state index is 13.3. The first-order valence-corrected chi connectivity index (χ1v) is 10.6. The zero-order valence-corrected chi connectivity index (χ0v) is 17.9. The summed E-state index contributed by atoms with van der Waals surface area (Å²) < 4.78 is 10.9. The number of amides is 2. The molecule has 0 fully saturated rings. The van der Waals surface area contributed by atoms with Crippen LogP contribution in [0.4, 0.5) is 5.69 Å². The molecule has 1 heterocycles. The summed E-state index contributed by atoms with van der Waals surface area (Å²) >= 11 is 1.41. The molecule has 0 aliphatic carbocycles. The first-order chi connectivity index (χ1) is 14.0. The lowest BCUT2D eigenvalue weighted by Gasteiger charge is -2.16. The highest BCUT2D eigenvalue weighted by Crippen LogP contribution is 2.40. The van der Waals surface area contributed by atoms with E-state index >= 15 is 0 Å². The highest BCUT2D eigenvalue weighted by Gasteiger charge is 2.40. The van der Waals surface area contributed by atoms with Gasteiger partial charge in [0.2, 0.25) is 0 Å². The number of hydrogen-bond acceptors (Lipinski definition) is 5. The van der Waals surface area contributed by atoms with Gasteiger partial charge in [0.05, 0.1) is 29.4 Å². The first-order valence-electron chi connectivity index (χ1n) is 9.72. The molecular weight excluding hydrogens is 386 g/mol. The van der Waals surface area contributed by atoms with E-state index < -0.39 is 0 Å². The summed E-state index contributed by atoms with van der Waals surface area (Å²) in [7, 11) is 0. The van der Waals surface area contributed by atoms with Crippen molar-refractivity contribution in [1.29, 1.82) is 0 Å². The monoisotopic (exact) mass is 411 g/mol. The van der Waals surface area contributed by atoms with Crippen molar-refractivity contribution in [3.63, 3.8) is 0 Å². The number of hydrogen-bond donors (Lipinski definition) is 0. The Labute approximate surface area is 175 Å². The third-order valence-corrected chi connectivity index (χ3v) is 5.34. The molecule has 0 spiro atoms. The van der Waals surface area contributed by atoms with Crippen LogP contribution >= 0.6 is 11.8 Å². The van der Waals surface area contributed by atoms with E-state index in [4.69, 9.17) is 9.47 Å². The molecule has 29 heavy (non-hydrogen) atoms. The third-order valence-electron chi connectivity index (χ3n) is 4.25. The molecule has 152 valence electrons. The third kappa shape index (κ3) is 4.48. The van der Waals surface area contributed by atoms with Gasteiger partial charge < -0.3 is 9.47 Å².